The van der Waals surface area contributed by atoms with Gasteiger partial charge in [-0.2, -0.15) is 4.98 Å². The number of amides is 1. The van der Waals surface area contributed by atoms with Crippen LogP contribution in [0.3, 0.4) is 0 Å². The van der Waals surface area contributed by atoms with Crippen LogP contribution in [0.15, 0.2) is 9.52 Å². The smallest absolute Gasteiger partial charge is 0.246 e. The molecule has 2 heterocycles. The Morgan fingerprint density at radius 3 is 2.80 bits per heavy atom. The lowest BCUT2D eigenvalue weighted by atomic mass is 9.88. The molecule has 2 unspecified atom stereocenters. The maximum absolute atomic E-state index is 12.7. The molecule has 1 amide bonds. The fraction of sp³-hybridized carbons (Fsp3) is 0.800. The van der Waals surface area contributed by atoms with Gasteiger partial charge in [0.25, 0.3) is 0 Å². The second kappa shape index (κ2) is 12.4. The van der Waals surface area contributed by atoms with Crippen molar-refractivity contribution >= 4 is 35.8 Å². The van der Waals surface area contributed by atoms with E-state index in [-0.39, 0.29) is 42.0 Å². The molecule has 0 bridgehead atoms. The minimum absolute atomic E-state index is 0. The number of hydrogen-bond acceptors (Lipinski definition) is 6. The van der Waals surface area contributed by atoms with E-state index in [1.807, 2.05) is 18.7 Å². The van der Waals surface area contributed by atoms with Crippen molar-refractivity contribution in [3.63, 3.8) is 0 Å². The van der Waals surface area contributed by atoms with Crippen molar-refractivity contribution in [3.8, 4) is 0 Å². The van der Waals surface area contributed by atoms with E-state index >= 15 is 0 Å². The number of likely N-dealkylation sites (tertiary alicyclic amines) is 1. The molecule has 1 aromatic heterocycles. The number of carbonyl (C=O) groups excluding carboxylic acids is 1. The quantitative estimate of drug-likeness (QED) is 0.315. The summed E-state index contributed by atoms with van der Waals surface area (Å²) < 4.78 is 10.7. The zero-order valence-corrected chi connectivity index (χ0v) is 20.6. The van der Waals surface area contributed by atoms with Gasteiger partial charge >= 0.3 is 0 Å². The first-order valence-corrected chi connectivity index (χ1v) is 10.8. The number of aromatic nitrogens is 2. The molecule has 0 radical (unpaired) electrons. The van der Waals surface area contributed by atoms with Gasteiger partial charge in [0.15, 0.2) is 11.8 Å². The third-order valence-electron chi connectivity index (χ3n) is 5.69. The normalized spacial score (nSPS) is 21.2. The number of nitrogens with one attached hydrogen (secondary N) is 2. The highest BCUT2D eigenvalue weighted by Gasteiger charge is 2.31. The van der Waals surface area contributed by atoms with Crippen LogP contribution in [0.5, 0.6) is 0 Å². The fourth-order valence-electron chi connectivity index (χ4n) is 4.06. The largest absolute Gasteiger partial charge is 0.371 e. The van der Waals surface area contributed by atoms with Crippen LogP contribution in [0.25, 0.3) is 0 Å². The minimum atomic E-state index is -0.193. The molecule has 0 aromatic carbocycles. The van der Waals surface area contributed by atoms with Gasteiger partial charge < -0.3 is 24.8 Å². The maximum atomic E-state index is 12.7. The molecule has 3 rings (SSSR count). The molecule has 1 aliphatic heterocycles. The number of rotatable bonds is 7. The first-order chi connectivity index (χ1) is 14.1. The third kappa shape index (κ3) is 6.79. The molecule has 0 spiro atoms. The lowest BCUT2D eigenvalue weighted by Gasteiger charge is -2.26. The Hall–Kier alpha value is -1.43. The van der Waals surface area contributed by atoms with Gasteiger partial charge in [0.05, 0.1) is 6.54 Å². The predicted molar refractivity (Wildman–Crippen MR) is 125 cm³/mol. The number of halogens is 1. The summed E-state index contributed by atoms with van der Waals surface area (Å²) in [6, 6.07) is 0.199. The van der Waals surface area contributed by atoms with Gasteiger partial charge in [0, 0.05) is 38.7 Å². The summed E-state index contributed by atoms with van der Waals surface area (Å²) in [5, 5.41) is 10.6. The van der Waals surface area contributed by atoms with Crippen LogP contribution in [-0.4, -0.2) is 59.7 Å². The van der Waals surface area contributed by atoms with E-state index in [2.05, 4.69) is 25.8 Å². The number of carbonyl (C=O) groups is 1. The van der Waals surface area contributed by atoms with Gasteiger partial charge in [0.1, 0.15) is 6.10 Å². The molecule has 1 saturated heterocycles. The molecule has 1 aromatic rings. The van der Waals surface area contributed by atoms with Crippen molar-refractivity contribution in [2.75, 3.05) is 26.7 Å². The SMILES string of the molecule is CCOC(C)c1noc(CNC(=NC)NC2CCN(C(=O)C3CCCCC3)C2)n1.I. The van der Waals surface area contributed by atoms with E-state index in [4.69, 9.17) is 9.26 Å². The number of ether oxygens (including phenoxy) is 1. The highest BCUT2D eigenvalue weighted by atomic mass is 127. The first-order valence-electron chi connectivity index (χ1n) is 10.8. The van der Waals surface area contributed by atoms with Crippen molar-refractivity contribution in [2.45, 2.75) is 71.1 Å². The maximum Gasteiger partial charge on any atom is 0.246 e. The number of guanidine groups is 1. The molecule has 2 fully saturated rings. The monoisotopic (exact) mass is 534 g/mol. The highest BCUT2D eigenvalue weighted by molar-refractivity contribution is 14.0. The van der Waals surface area contributed by atoms with Crippen LogP contribution in [-0.2, 0) is 16.1 Å². The van der Waals surface area contributed by atoms with Gasteiger partial charge in [-0.1, -0.05) is 24.4 Å². The van der Waals surface area contributed by atoms with Gasteiger partial charge in [-0.3, -0.25) is 9.79 Å². The molecule has 10 heteroatoms. The lowest BCUT2D eigenvalue weighted by molar-refractivity contribution is -0.135. The zero-order valence-electron chi connectivity index (χ0n) is 18.2. The van der Waals surface area contributed by atoms with Gasteiger partial charge in [-0.15, -0.1) is 24.0 Å². The number of aliphatic imine (C=N–C) groups is 1. The van der Waals surface area contributed by atoms with E-state index in [0.717, 1.165) is 32.4 Å². The molecule has 9 nitrogen and oxygen atoms in total. The lowest BCUT2D eigenvalue weighted by Crippen LogP contribution is -2.45. The van der Waals surface area contributed by atoms with Crippen LogP contribution in [0.4, 0.5) is 0 Å². The average Bonchev–Trinajstić information content (AvgIpc) is 3.41. The van der Waals surface area contributed by atoms with E-state index in [1.54, 1.807) is 7.05 Å². The standard InChI is InChI=1S/C20H34N6O3.HI/c1-4-28-14(2)18-24-17(29-25-18)12-22-20(21-3)23-16-10-11-26(13-16)19(27)15-8-6-5-7-9-15;/h14-16H,4-13H2,1-3H3,(H2,21,22,23);1H. The summed E-state index contributed by atoms with van der Waals surface area (Å²) in [6.45, 7) is 6.34. The molecule has 30 heavy (non-hydrogen) atoms. The van der Waals surface area contributed by atoms with Gasteiger partial charge in [-0.05, 0) is 33.1 Å². The van der Waals surface area contributed by atoms with Gasteiger partial charge in [0.2, 0.25) is 11.8 Å². The van der Waals surface area contributed by atoms with Crippen LogP contribution < -0.4 is 10.6 Å². The van der Waals surface area contributed by atoms with Crippen LogP contribution in [0.2, 0.25) is 0 Å². The van der Waals surface area contributed by atoms with Crippen LogP contribution >= 0.6 is 24.0 Å². The topological polar surface area (TPSA) is 105 Å². The fourth-order valence-corrected chi connectivity index (χ4v) is 4.06. The van der Waals surface area contributed by atoms with Crippen LogP contribution in [0, 0.1) is 5.92 Å². The second-order valence-electron chi connectivity index (χ2n) is 7.82. The Balaban J connectivity index is 0.00000320. The predicted octanol–water partition coefficient (Wildman–Crippen LogP) is 2.63. The van der Waals surface area contributed by atoms with E-state index < -0.39 is 0 Å². The van der Waals surface area contributed by atoms with Crippen molar-refractivity contribution in [3.05, 3.63) is 11.7 Å². The Morgan fingerprint density at radius 1 is 1.33 bits per heavy atom. The summed E-state index contributed by atoms with van der Waals surface area (Å²) in [5.74, 6) is 2.25. The minimum Gasteiger partial charge on any atom is -0.371 e. The average molecular weight is 534 g/mol. The van der Waals surface area contributed by atoms with Crippen molar-refractivity contribution in [1.82, 2.24) is 25.7 Å². The highest BCUT2D eigenvalue weighted by Crippen LogP contribution is 2.26. The molecule has 2 atom stereocenters. The van der Waals surface area contributed by atoms with E-state index in [1.165, 1.54) is 19.3 Å². The summed E-state index contributed by atoms with van der Waals surface area (Å²) in [7, 11) is 1.73. The Labute approximate surface area is 195 Å². The van der Waals surface area contributed by atoms with Crippen molar-refractivity contribution in [1.29, 1.82) is 0 Å². The van der Waals surface area contributed by atoms with Gasteiger partial charge in [-0.25, -0.2) is 0 Å². The second-order valence-corrected chi connectivity index (χ2v) is 7.82. The molecular weight excluding hydrogens is 499 g/mol. The summed E-state index contributed by atoms with van der Waals surface area (Å²) in [5.41, 5.74) is 0. The number of nitrogens with zero attached hydrogens (tertiary/aromatic N) is 4. The number of hydrogen-bond donors (Lipinski definition) is 2. The van der Waals surface area contributed by atoms with Crippen molar-refractivity contribution in [2.24, 2.45) is 10.9 Å². The van der Waals surface area contributed by atoms with E-state index in [0.29, 0.717) is 36.7 Å². The Morgan fingerprint density at radius 2 is 2.10 bits per heavy atom. The molecule has 1 aliphatic carbocycles. The first kappa shape index (κ1) is 24.8. The summed E-state index contributed by atoms with van der Waals surface area (Å²) in [6.07, 6.45) is 6.46. The molecule has 1 saturated carbocycles. The van der Waals surface area contributed by atoms with Crippen LogP contribution in [0.1, 0.15) is 70.2 Å². The van der Waals surface area contributed by atoms with Crippen molar-refractivity contribution < 1.29 is 14.1 Å². The summed E-state index contributed by atoms with van der Waals surface area (Å²) >= 11 is 0. The molecule has 2 N–H and O–H groups in total. The summed E-state index contributed by atoms with van der Waals surface area (Å²) in [4.78, 5) is 23.4. The van der Waals surface area contributed by atoms with E-state index in [9.17, 15) is 4.79 Å². The molecule has 170 valence electrons. The Kier molecular flexibility index (Phi) is 10.3. The molecular formula is C20H35IN6O3. The molecule has 2 aliphatic rings. The Bertz CT molecular complexity index is 692. The zero-order chi connectivity index (χ0) is 20.6. The third-order valence-corrected chi connectivity index (χ3v) is 5.69.